The maximum Gasteiger partial charge on any atom is 0.324 e. The fourth-order valence-electron chi connectivity index (χ4n) is 1.78. The van der Waals surface area contributed by atoms with Crippen LogP contribution in [0.2, 0.25) is 0 Å². The Morgan fingerprint density at radius 2 is 2.18 bits per heavy atom. The van der Waals surface area contributed by atoms with E-state index >= 15 is 0 Å². The van der Waals surface area contributed by atoms with Crippen LogP contribution in [-0.2, 0) is 9.53 Å². The van der Waals surface area contributed by atoms with Crippen molar-refractivity contribution in [3.05, 3.63) is 35.4 Å². The van der Waals surface area contributed by atoms with E-state index in [9.17, 15) is 4.79 Å². The molecule has 17 heavy (non-hydrogen) atoms. The first-order chi connectivity index (χ1) is 8.20. The summed E-state index contributed by atoms with van der Waals surface area (Å²) in [6, 6.07) is 8.22. The van der Waals surface area contributed by atoms with Gasteiger partial charge in [0.05, 0.1) is 12.0 Å². The van der Waals surface area contributed by atoms with E-state index in [4.69, 9.17) is 4.74 Å². The summed E-state index contributed by atoms with van der Waals surface area (Å²) in [5.74, 6) is 0.631. The minimum absolute atomic E-state index is 0.144. The van der Waals surface area contributed by atoms with Gasteiger partial charge < -0.3 is 4.74 Å². The van der Waals surface area contributed by atoms with Crippen molar-refractivity contribution in [3.63, 3.8) is 0 Å². The maximum absolute atomic E-state index is 11.6. The molecule has 0 aliphatic carbocycles. The van der Waals surface area contributed by atoms with Crippen molar-refractivity contribution in [2.75, 3.05) is 12.4 Å². The van der Waals surface area contributed by atoms with Crippen LogP contribution in [0.1, 0.15) is 23.4 Å². The predicted octanol–water partition coefficient (Wildman–Crippen LogP) is 2.26. The van der Waals surface area contributed by atoms with Crippen molar-refractivity contribution in [1.82, 2.24) is 5.32 Å². The summed E-state index contributed by atoms with van der Waals surface area (Å²) in [6.45, 7) is 4.34. The molecule has 1 heterocycles. The average molecular weight is 251 g/mol. The third kappa shape index (κ3) is 3.01. The second kappa shape index (κ2) is 5.56. The number of hydrogen-bond donors (Lipinski definition) is 1. The number of esters is 1. The second-order valence-electron chi connectivity index (χ2n) is 4.10. The molecule has 1 saturated heterocycles. The van der Waals surface area contributed by atoms with Crippen LogP contribution in [0, 0.1) is 6.92 Å². The minimum atomic E-state index is -0.175. The van der Waals surface area contributed by atoms with Gasteiger partial charge in [-0.3, -0.25) is 10.1 Å². The number of thioether (sulfide) groups is 1. The van der Waals surface area contributed by atoms with Gasteiger partial charge >= 0.3 is 5.97 Å². The van der Waals surface area contributed by atoms with Gasteiger partial charge in [-0.05, 0) is 19.4 Å². The quantitative estimate of drug-likeness (QED) is 0.836. The number of hydrogen-bond acceptors (Lipinski definition) is 4. The normalized spacial score (nSPS) is 23.6. The highest BCUT2D eigenvalue weighted by atomic mass is 32.2. The van der Waals surface area contributed by atoms with Crippen LogP contribution < -0.4 is 5.32 Å². The fourth-order valence-corrected chi connectivity index (χ4v) is 3.01. The van der Waals surface area contributed by atoms with Crippen molar-refractivity contribution in [1.29, 1.82) is 0 Å². The summed E-state index contributed by atoms with van der Waals surface area (Å²) < 4.78 is 5.01. The summed E-state index contributed by atoms with van der Waals surface area (Å²) in [6.07, 6.45) is 0. The van der Waals surface area contributed by atoms with E-state index in [1.54, 1.807) is 11.8 Å². The topological polar surface area (TPSA) is 38.3 Å². The lowest BCUT2D eigenvalue weighted by Gasteiger charge is -2.12. The molecule has 3 nitrogen and oxygen atoms in total. The van der Waals surface area contributed by atoms with Crippen molar-refractivity contribution >= 4 is 17.7 Å². The molecular formula is C13H17NO2S. The van der Waals surface area contributed by atoms with Crippen LogP contribution in [-0.4, -0.2) is 24.4 Å². The third-order valence-electron chi connectivity index (χ3n) is 2.73. The average Bonchev–Trinajstić information content (AvgIpc) is 2.80. The first kappa shape index (κ1) is 12.5. The number of carbonyl (C=O) groups excluding carboxylic acids is 1. The molecule has 1 unspecified atom stereocenters. The first-order valence-corrected chi connectivity index (χ1v) is 6.86. The second-order valence-corrected chi connectivity index (χ2v) is 5.23. The van der Waals surface area contributed by atoms with Gasteiger partial charge in [-0.2, -0.15) is 0 Å². The van der Waals surface area contributed by atoms with E-state index in [-0.39, 0.29) is 17.4 Å². The van der Waals surface area contributed by atoms with E-state index in [0.29, 0.717) is 6.61 Å². The molecular weight excluding hydrogens is 234 g/mol. The summed E-state index contributed by atoms with van der Waals surface area (Å²) in [5, 5.41) is 3.50. The monoisotopic (exact) mass is 251 g/mol. The zero-order valence-corrected chi connectivity index (χ0v) is 10.9. The minimum Gasteiger partial charge on any atom is -0.465 e. The molecule has 0 amide bonds. The predicted molar refractivity (Wildman–Crippen MR) is 69.9 cm³/mol. The van der Waals surface area contributed by atoms with Crippen LogP contribution in [0.15, 0.2) is 24.3 Å². The highest BCUT2D eigenvalue weighted by Crippen LogP contribution is 2.33. The fraction of sp³-hybridized carbons (Fsp3) is 0.462. The molecule has 1 N–H and O–H groups in total. The highest BCUT2D eigenvalue weighted by molar-refractivity contribution is 7.99. The van der Waals surface area contributed by atoms with Crippen molar-refractivity contribution < 1.29 is 9.53 Å². The molecule has 0 saturated carbocycles. The number of ether oxygens (including phenoxy) is 1. The van der Waals surface area contributed by atoms with E-state index in [1.807, 2.05) is 6.92 Å². The van der Waals surface area contributed by atoms with Gasteiger partial charge in [0.2, 0.25) is 0 Å². The Morgan fingerprint density at radius 3 is 2.82 bits per heavy atom. The van der Waals surface area contributed by atoms with E-state index in [1.165, 1.54) is 11.1 Å². The van der Waals surface area contributed by atoms with Crippen LogP contribution in [0.5, 0.6) is 0 Å². The van der Waals surface area contributed by atoms with Crippen LogP contribution in [0.3, 0.4) is 0 Å². The Kier molecular flexibility index (Phi) is 4.07. The SMILES string of the molecule is CCOC(=O)[C@@H]1CSC(c2ccc(C)cc2)N1. The largest absolute Gasteiger partial charge is 0.465 e. The molecule has 1 aromatic carbocycles. The molecule has 92 valence electrons. The molecule has 1 aliphatic rings. The van der Waals surface area contributed by atoms with E-state index in [2.05, 4.69) is 36.5 Å². The Hall–Kier alpha value is -1.00. The molecule has 1 aliphatic heterocycles. The maximum atomic E-state index is 11.6. The summed E-state index contributed by atoms with van der Waals surface area (Å²) in [7, 11) is 0. The van der Waals surface area contributed by atoms with Gasteiger partial charge in [-0.1, -0.05) is 29.8 Å². The van der Waals surface area contributed by atoms with Crippen LogP contribution >= 0.6 is 11.8 Å². The molecule has 4 heteroatoms. The lowest BCUT2D eigenvalue weighted by molar-refractivity contribution is -0.144. The molecule has 0 aromatic heterocycles. The zero-order chi connectivity index (χ0) is 12.3. The van der Waals surface area contributed by atoms with Gasteiger partial charge in [0.15, 0.2) is 0 Å². The molecule has 0 spiro atoms. The number of aryl methyl sites for hydroxylation is 1. The molecule has 0 bridgehead atoms. The lowest BCUT2D eigenvalue weighted by Crippen LogP contribution is -2.35. The first-order valence-electron chi connectivity index (χ1n) is 5.81. The number of benzene rings is 1. The Bertz CT molecular complexity index is 391. The Morgan fingerprint density at radius 1 is 1.47 bits per heavy atom. The number of nitrogens with one attached hydrogen (secondary N) is 1. The summed E-state index contributed by atoms with van der Waals surface area (Å²) in [5.41, 5.74) is 2.46. The Labute approximate surface area is 106 Å². The van der Waals surface area contributed by atoms with Gasteiger partial charge in [-0.25, -0.2) is 0 Å². The molecule has 2 atom stereocenters. The van der Waals surface area contributed by atoms with Crippen molar-refractivity contribution in [2.24, 2.45) is 0 Å². The van der Waals surface area contributed by atoms with Gasteiger partial charge in [0.1, 0.15) is 6.04 Å². The van der Waals surface area contributed by atoms with Gasteiger partial charge in [0, 0.05) is 5.75 Å². The van der Waals surface area contributed by atoms with Crippen LogP contribution in [0.4, 0.5) is 0 Å². The molecule has 2 rings (SSSR count). The summed E-state index contributed by atoms with van der Waals surface area (Å²) in [4.78, 5) is 11.6. The Balaban J connectivity index is 1.98. The van der Waals surface area contributed by atoms with E-state index < -0.39 is 0 Å². The molecule has 0 radical (unpaired) electrons. The zero-order valence-electron chi connectivity index (χ0n) is 10.1. The molecule has 1 fully saturated rings. The van der Waals surface area contributed by atoms with Crippen molar-refractivity contribution in [3.8, 4) is 0 Å². The van der Waals surface area contributed by atoms with Crippen LogP contribution in [0.25, 0.3) is 0 Å². The summed E-state index contributed by atoms with van der Waals surface area (Å²) >= 11 is 1.75. The molecule has 1 aromatic rings. The van der Waals surface area contributed by atoms with Gasteiger partial charge in [-0.15, -0.1) is 11.8 Å². The van der Waals surface area contributed by atoms with Gasteiger partial charge in [0.25, 0.3) is 0 Å². The standard InChI is InChI=1S/C13H17NO2S/c1-3-16-13(15)11-8-17-12(14-11)10-6-4-9(2)5-7-10/h4-7,11-12,14H,3,8H2,1-2H3/t11-,12?/m0/s1. The number of rotatable bonds is 3. The van der Waals surface area contributed by atoms with Crippen molar-refractivity contribution in [2.45, 2.75) is 25.3 Å². The number of carbonyl (C=O) groups is 1. The smallest absolute Gasteiger partial charge is 0.324 e. The highest BCUT2D eigenvalue weighted by Gasteiger charge is 2.31. The van der Waals surface area contributed by atoms with E-state index in [0.717, 1.165) is 5.75 Å². The lowest BCUT2D eigenvalue weighted by atomic mass is 10.1. The third-order valence-corrected chi connectivity index (χ3v) is 4.00.